The van der Waals surface area contributed by atoms with Crippen molar-refractivity contribution in [1.82, 2.24) is 9.97 Å². The third-order valence-corrected chi connectivity index (χ3v) is 5.53. The molecule has 0 bridgehead atoms. The van der Waals surface area contributed by atoms with E-state index in [-0.39, 0.29) is 11.1 Å². The second kappa shape index (κ2) is 5.73. The molecule has 2 heterocycles. The van der Waals surface area contributed by atoms with Gasteiger partial charge in [-0.3, -0.25) is 0 Å². The highest BCUT2D eigenvalue weighted by molar-refractivity contribution is 7.19. The Morgan fingerprint density at radius 1 is 1.35 bits per heavy atom. The number of hydrogen-bond acceptors (Lipinski definition) is 4. The molecular weight excluding hydrogens is 333 g/mol. The van der Waals surface area contributed by atoms with Gasteiger partial charge in [-0.15, -0.1) is 11.3 Å². The topological polar surface area (TPSA) is 37.8 Å². The lowest BCUT2D eigenvalue weighted by Gasteiger charge is -2.18. The van der Waals surface area contributed by atoms with E-state index in [2.05, 4.69) is 22.2 Å². The predicted octanol–water partition coefficient (Wildman–Crippen LogP) is 5.35. The molecule has 3 aromatic rings. The summed E-state index contributed by atoms with van der Waals surface area (Å²) in [5.41, 5.74) is 1.98. The summed E-state index contributed by atoms with van der Waals surface area (Å²) in [7, 11) is 0. The number of hydrogen-bond donors (Lipinski definition) is 1. The van der Waals surface area contributed by atoms with E-state index in [1.165, 1.54) is 29.0 Å². The van der Waals surface area contributed by atoms with Gasteiger partial charge in [0.25, 0.3) is 0 Å². The number of fused-ring (bicyclic) bond motifs is 3. The largest absolute Gasteiger partial charge is 0.339 e. The monoisotopic (exact) mass is 347 g/mol. The Labute approximate surface area is 142 Å². The molecule has 1 unspecified atom stereocenters. The van der Waals surface area contributed by atoms with Gasteiger partial charge in [0, 0.05) is 10.6 Å². The van der Waals surface area contributed by atoms with Crippen LogP contribution in [0.3, 0.4) is 0 Å². The maximum Gasteiger partial charge on any atom is 0.225 e. The van der Waals surface area contributed by atoms with Crippen LogP contribution >= 0.6 is 22.9 Å². The van der Waals surface area contributed by atoms with Gasteiger partial charge in [-0.1, -0.05) is 13.0 Å². The van der Waals surface area contributed by atoms with E-state index in [1.54, 1.807) is 17.4 Å². The van der Waals surface area contributed by atoms with E-state index in [0.29, 0.717) is 17.4 Å². The van der Waals surface area contributed by atoms with E-state index >= 15 is 0 Å². The molecule has 1 N–H and O–H groups in total. The van der Waals surface area contributed by atoms with Crippen LogP contribution in [-0.2, 0) is 12.8 Å². The molecule has 0 fully saturated rings. The molecule has 3 nitrogen and oxygen atoms in total. The first-order chi connectivity index (χ1) is 11.1. The van der Waals surface area contributed by atoms with Gasteiger partial charge < -0.3 is 5.32 Å². The highest BCUT2D eigenvalue weighted by atomic mass is 35.5. The molecule has 1 atom stereocenters. The molecule has 118 valence electrons. The molecule has 0 spiro atoms. The van der Waals surface area contributed by atoms with Gasteiger partial charge in [-0.2, -0.15) is 4.98 Å². The third-order valence-electron chi connectivity index (χ3n) is 4.22. The van der Waals surface area contributed by atoms with Crippen LogP contribution in [0, 0.1) is 11.7 Å². The number of aromatic nitrogens is 2. The number of halogens is 2. The maximum atomic E-state index is 13.4. The van der Waals surface area contributed by atoms with Gasteiger partial charge in [0.05, 0.1) is 5.39 Å². The van der Waals surface area contributed by atoms with E-state index in [1.807, 2.05) is 6.07 Å². The molecule has 1 aromatic carbocycles. The number of aryl methyl sites for hydroxylation is 1. The minimum atomic E-state index is -0.285. The van der Waals surface area contributed by atoms with Crippen molar-refractivity contribution in [2.75, 3.05) is 5.32 Å². The molecule has 23 heavy (non-hydrogen) atoms. The summed E-state index contributed by atoms with van der Waals surface area (Å²) in [5, 5.41) is 4.45. The number of nitrogens with zero attached hydrogens (tertiary/aromatic N) is 2. The average Bonchev–Trinajstić information content (AvgIpc) is 2.84. The Hall–Kier alpha value is -1.72. The van der Waals surface area contributed by atoms with Gasteiger partial charge in [0.15, 0.2) is 0 Å². The highest BCUT2D eigenvalue weighted by Gasteiger charge is 2.23. The molecule has 6 heteroatoms. The second-order valence-electron chi connectivity index (χ2n) is 6.01. The van der Waals surface area contributed by atoms with Gasteiger partial charge in [-0.25, -0.2) is 9.37 Å². The summed E-state index contributed by atoms with van der Waals surface area (Å²) in [6, 6.07) is 6.35. The Morgan fingerprint density at radius 3 is 3.04 bits per heavy atom. The molecule has 4 rings (SSSR count). The third kappa shape index (κ3) is 2.79. The van der Waals surface area contributed by atoms with Crippen LogP contribution < -0.4 is 5.32 Å². The van der Waals surface area contributed by atoms with Crippen LogP contribution in [0.4, 0.5) is 15.9 Å². The Morgan fingerprint density at radius 2 is 2.22 bits per heavy atom. The van der Waals surface area contributed by atoms with Crippen molar-refractivity contribution in [2.24, 2.45) is 5.92 Å². The molecular formula is C17H15ClFN3S. The van der Waals surface area contributed by atoms with Crippen molar-refractivity contribution in [3.05, 3.63) is 45.8 Å². The van der Waals surface area contributed by atoms with Crippen LogP contribution in [0.15, 0.2) is 24.3 Å². The SMILES string of the molecule is CC1CCc2c(sc3nc(Cl)nc(Nc4cccc(F)c4)c23)C1. The van der Waals surface area contributed by atoms with Gasteiger partial charge >= 0.3 is 0 Å². The van der Waals surface area contributed by atoms with E-state index in [4.69, 9.17) is 11.6 Å². The smallest absolute Gasteiger partial charge is 0.225 e. The lowest BCUT2D eigenvalue weighted by atomic mass is 9.89. The first-order valence-electron chi connectivity index (χ1n) is 7.60. The molecule has 0 saturated carbocycles. The summed E-state index contributed by atoms with van der Waals surface area (Å²) >= 11 is 7.78. The molecule has 1 aliphatic rings. The number of anilines is 2. The van der Waals surface area contributed by atoms with Gasteiger partial charge in [0.1, 0.15) is 16.5 Å². The minimum absolute atomic E-state index is 0.211. The predicted molar refractivity (Wildman–Crippen MR) is 93.3 cm³/mol. The number of rotatable bonds is 2. The quantitative estimate of drug-likeness (QED) is 0.635. The fraction of sp³-hybridized carbons (Fsp3) is 0.294. The van der Waals surface area contributed by atoms with Gasteiger partial charge in [0.2, 0.25) is 5.28 Å². The first-order valence-corrected chi connectivity index (χ1v) is 8.80. The summed E-state index contributed by atoms with van der Waals surface area (Å²) in [4.78, 5) is 11.0. The number of benzene rings is 1. The Balaban J connectivity index is 1.85. The van der Waals surface area contributed by atoms with Crippen molar-refractivity contribution in [3.63, 3.8) is 0 Å². The molecule has 0 aliphatic heterocycles. The van der Waals surface area contributed by atoms with Crippen molar-refractivity contribution >= 4 is 44.7 Å². The molecule has 0 saturated heterocycles. The second-order valence-corrected chi connectivity index (χ2v) is 7.43. The van der Waals surface area contributed by atoms with E-state index < -0.39 is 0 Å². The zero-order chi connectivity index (χ0) is 16.0. The average molecular weight is 348 g/mol. The summed E-state index contributed by atoms with van der Waals surface area (Å²) in [6.07, 6.45) is 3.27. The van der Waals surface area contributed by atoms with Crippen LogP contribution in [0.2, 0.25) is 5.28 Å². The zero-order valence-corrected chi connectivity index (χ0v) is 14.1. The summed E-state index contributed by atoms with van der Waals surface area (Å²) in [5.74, 6) is 1.07. The van der Waals surface area contributed by atoms with Crippen molar-refractivity contribution < 1.29 is 4.39 Å². The number of nitrogens with one attached hydrogen (secondary N) is 1. The van der Waals surface area contributed by atoms with Crippen LogP contribution in [0.1, 0.15) is 23.8 Å². The normalized spacial score (nSPS) is 17.3. The maximum absolute atomic E-state index is 13.4. The summed E-state index contributed by atoms with van der Waals surface area (Å²) < 4.78 is 13.4. The summed E-state index contributed by atoms with van der Waals surface area (Å²) in [6.45, 7) is 2.28. The molecule has 2 aromatic heterocycles. The fourth-order valence-electron chi connectivity index (χ4n) is 3.11. The van der Waals surface area contributed by atoms with Crippen molar-refractivity contribution in [1.29, 1.82) is 0 Å². The Bertz CT molecular complexity index is 893. The highest BCUT2D eigenvalue weighted by Crippen LogP contribution is 2.41. The number of thiophene rings is 1. The Kier molecular flexibility index (Phi) is 3.70. The standard InChI is InChI=1S/C17H15ClFN3S/c1-9-5-6-12-13(7-9)23-16-14(12)15(21-17(18)22-16)20-11-4-2-3-10(19)8-11/h2-4,8-9H,5-7H2,1H3,(H,20,21,22). The molecule has 0 amide bonds. The lowest BCUT2D eigenvalue weighted by molar-refractivity contribution is 0.509. The van der Waals surface area contributed by atoms with Crippen molar-refractivity contribution in [3.8, 4) is 0 Å². The fourth-order valence-corrected chi connectivity index (χ4v) is 4.71. The van der Waals surface area contributed by atoms with E-state index in [0.717, 1.165) is 23.1 Å². The van der Waals surface area contributed by atoms with Crippen LogP contribution in [0.25, 0.3) is 10.2 Å². The zero-order valence-electron chi connectivity index (χ0n) is 12.6. The molecule has 1 aliphatic carbocycles. The minimum Gasteiger partial charge on any atom is -0.339 e. The molecule has 0 radical (unpaired) electrons. The van der Waals surface area contributed by atoms with Crippen LogP contribution in [0.5, 0.6) is 0 Å². The first kappa shape index (κ1) is 14.8. The lowest BCUT2D eigenvalue weighted by Crippen LogP contribution is -2.09. The van der Waals surface area contributed by atoms with E-state index in [9.17, 15) is 4.39 Å². The van der Waals surface area contributed by atoms with Gasteiger partial charge in [-0.05, 0) is 60.5 Å². The van der Waals surface area contributed by atoms with Crippen LogP contribution in [-0.4, -0.2) is 9.97 Å². The van der Waals surface area contributed by atoms with Crippen molar-refractivity contribution in [2.45, 2.75) is 26.2 Å².